The van der Waals surface area contributed by atoms with Gasteiger partial charge in [0.1, 0.15) is 0 Å². The molecule has 0 aliphatic carbocycles. The third kappa shape index (κ3) is 2.46. The van der Waals surface area contributed by atoms with Crippen LogP contribution in [0.4, 0.5) is 0 Å². The number of hydrogen-bond acceptors (Lipinski definition) is 4. The average Bonchev–Trinajstić information content (AvgIpc) is 2.71. The first kappa shape index (κ1) is 14.5. The van der Waals surface area contributed by atoms with E-state index in [-0.39, 0.29) is 11.9 Å². The Morgan fingerprint density at radius 1 is 1.38 bits per heavy atom. The molecule has 3 rings (SSSR count). The summed E-state index contributed by atoms with van der Waals surface area (Å²) in [4.78, 5) is 27.8. The second-order valence-electron chi connectivity index (χ2n) is 5.51. The zero-order chi connectivity index (χ0) is 15.1. The van der Waals surface area contributed by atoms with Crippen molar-refractivity contribution in [2.75, 3.05) is 26.2 Å². The standard InChI is InChI=1S/C13H18BrN5O2/c1-8-11(14)10(17(2)16-8)7-18-6-9-5-15-3-4-19(9)13(21)12(18)20/h9,15H,3-7H2,1-2H3. The number of carbonyl (C=O) groups is 2. The van der Waals surface area contributed by atoms with Crippen molar-refractivity contribution in [1.82, 2.24) is 24.9 Å². The van der Waals surface area contributed by atoms with Crippen LogP contribution in [0, 0.1) is 6.92 Å². The van der Waals surface area contributed by atoms with E-state index in [1.54, 1.807) is 14.5 Å². The quantitative estimate of drug-likeness (QED) is 0.735. The maximum atomic E-state index is 12.3. The van der Waals surface area contributed by atoms with Crippen molar-refractivity contribution in [2.24, 2.45) is 7.05 Å². The van der Waals surface area contributed by atoms with E-state index in [0.29, 0.717) is 19.6 Å². The Morgan fingerprint density at radius 3 is 2.81 bits per heavy atom. The maximum Gasteiger partial charge on any atom is 0.312 e. The van der Waals surface area contributed by atoms with E-state index >= 15 is 0 Å². The molecule has 1 aromatic rings. The van der Waals surface area contributed by atoms with Gasteiger partial charge in [-0.1, -0.05) is 0 Å². The molecular formula is C13H18BrN5O2. The molecule has 2 aliphatic rings. The lowest BCUT2D eigenvalue weighted by Crippen LogP contribution is -2.65. The van der Waals surface area contributed by atoms with Crippen molar-refractivity contribution >= 4 is 27.7 Å². The first-order chi connectivity index (χ1) is 9.99. The molecule has 2 aliphatic heterocycles. The number of amides is 2. The molecule has 3 heterocycles. The van der Waals surface area contributed by atoms with Gasteiger partial charge in [0.05, 0.1) is 28.4 Å². The first-order valence-corrected chi connectivity index (χ1v) is 7.77. The number of carbonyl (C=O) groups excluding carboxylic acids is 2. The number of fused-ring (bicyclic) bond motifs is 1. The lowest BCUT2D eigenvalue weighted by atomic mass is 10.1. The maximum absolute atomic E-state index is 12.3. The summed E-state index contributed by atoms with van der Waals surface area (Å²) in [5, 5.41) is 7.60. The minimum Gasteiger partial charge on any atom is -0.327 e. The molecule has 0 bridgehead atoms. The smallest absolute Gasteiger partial charge is 0.312 e. The number of aryl methyl sites for hydroxylation is 2. The van der Waals surface area contributed by atoms with E-state index in [4.69, 9.17) is 0 Å². The number of aromatic nitrogens is 2. The summed E-state index contributed by atoms with van der Waals surface area (Å²) in [5.74, 6) is -0.804. The molecule has 1 N–H and O–H groups in total. The Kier molecular flexibility index (Phi) is 3.75. The van der Waals surface area contributed by atoms with Gasteiger partial charge < -0.3 is 15.1 Å². The van der Waals surface area contributed by atoms with Crippen molar-refractivity contribution in [3.8, 4) is 0 Å². The number of piperazine rings is 2. The molecule has 2 amide bonds. The first-order valence-electron chi connectivity index (χ1n) is 6.97. The highest BCUT2D eigenvalue weighted by Crippen LogP contribution is 2.23. The van der Waals surface area contributed by atoms with Gasteiger partial charge in [-0.15, -0.1) is 0 Å². The molecule has 0 saturated carbocycles. The second kappa shape index (κ2) is 5.42. The Bertz CT molecular complexity index is 600. The van der Waals surface area contributed by atoms with Gasteiger partial charge in [0.25, 0.3) is 0 Å². The third-order valence-corrected chi connectivity index (χ3v) is 5.15. The molecule has 1 aromatic heterocycles. The van der Waals surface area contributed by atoms with Crippen molar-refractivity contribution < 1.29 is 9.59 Å². The van der Waals surface area contributed by atoms with Gasteiger partial charge in [-0.25, -0.2) is 0 Å². The van der Waals surface area contributed by atoms with Crippen LogP contribution in [0.2, 0.25) is 0 Å². The number of nitrogens with zero attached hydrogens (tertiary/aromatic N) is 4. The lowest BCUT2D eigenvalue weighted by Gasteiger charge is -2.43. The van der Waals surface area contributed by atoms with Crippen molar-refractivity contribution in [3.63, 3.8) is 0 Å². The van der Waals surface area contributed by atoms with Crippen molar-refractivity contribution in [3.05, 3.63) is 15.9 Å². The summed E-state index contributed by atoms with van der Waals surface area (Å²) in [7, 11) is 1.85. The fourth-order valence-electron chi connectivity index (χ4n) is 2.96. The molecule has 2 saturated heterocycles. The molecule has 114 valence electrons. The average molecular weight is 356 g/mol. The van der Waals surface area contributed by atoms with Crippen LogP contribution in [-0.2, 0) is 23.2 Å². The Hall–Kier alpha value is -1.41. The summed E-state index contributed by atoms with van der Waals surface area (Å²) < 4.78 is 2.65. The summed E-state index contributed by atoms with van der Waals surface area (Å²) in [6.07, 6.45) is 0. The number of nitrogens with one attached hydrogen (secondary N) is 1. The SMILES string of the molecule is Cc1nn(C)c(CN2CC3CNCCN3C(=O)C2=O)c1Br. The molecule has 8 heteroatoms. The normalized spacial score (nSPS) is 22.7. The molecule has 1 unspecified atom stereocenters. The summed E-state index contributed by atoms with van der Waals surface area (Å²) in [5.41, 5.74) is 1.79. The van der Waals surface area contributed by atoms with Crippen LogP contribution in [0.3, 0.4) is 0 Å². The van der Waals surface area contributed by atoms with E-state index in [9.17, 15) is 9.59 Å². The van der Waals surface area contributed by atoms with Gasteiger partial charge in [-0.3, -0.25) is 14.3 Å². The van der Waals surface area contributed by atoms with Crippen LogP contribution >= 0.6 is 15.9 Å². The highest BCUT2D eigenvalue weighted by Gasteiger charge is 2.40. The molecule has 0 radical (unpaired) electrons. The van der Waals surface area contributed by atoms with Crippen molar-refractivity contribution in [2.45, 2.75) is 19.5 Å². The fourth-order valence-corrected chi connectivity index (χ4v) is 3.42. The Labute approximate surface area is 131 Å². The topological polar surface area (TPSA) is 70.5 Å². The van der Waals surface area contributed by atoms with Crippen LogP contribution in [0.1, 0.15) is 11.4 Å². The van der Waals surface area contributed by atoms with Crippen LogP contribution in [0.5, 0.6) is 0 Å². The largest absolute Gasteiger partial charge is 0.327 e. The van der Waals surface area contributed by atoms with Crippen LogP contribution in [-0.4, -0.2) is 63.6 Å². The summed E-state index contributed by atoms with van der Waals surface area (Å²) >= 11 is 3.50. The summed E-state index contributed by atoms with van der Waals surface area (Å²) in [6, 6.07) is 0.0667. The molecule has 0 aromatic carbocycles. The van der Waals surface area contributed by atoms with E-state index < -0.39 is 5.91 Å². The predicted molar refractivity (Wildman–Crippen MR) is 79.4 cm³/mol. The highest BCUT2D eigenvalue weighted by atomic mass is 79.9. The van der Waals surface area contributed by atoms with E-state index in [1.165, 1.54) is 0 Å². The van der Waals surface area contributed by atoms with E-state index in [1.807, 2.05) is 14.0 Å². The second-order valence-corrected chi connectivity index (χ2v) is 6.30. The number of hydrogen-bond donors (Lipinski definition) is 1. The molecule has 7 nitrogen and oxygen atoms in total. The monoisotopic (exact) mass is 355 g/mol. The molecular weight excluding hydrogens is 338 g/mol. The van der Waals surface area contributed by atoms with Gasteiger partial charge in [0.2, 0.25) is 0 Å². The third-order valence-electron chi connectivity index (χ3n) is 4.11. The van der Waals surface area contributed by atoms with Gasteiger partial charge in [0, 0.05) is 33.2 Å². The minimum absolute atomic E-state index is 0.0667. The Balaban J connectivity index is 1.82. The number of rotatable bonds is 2. The minimum atomic E-state index is -0.418. The van der Waals surface area contributed by atoms with E-state index in [0.717, 1.165) is 29.0 Å². The predicted octanol–water partition coefficient (Wildman–Crippen LogP) is -0.366. The molecule has 21 heavy (non-hydrogen) atoms. The lowest BCUT2D eigenvalue weighted by molar-refractivity contribution is -0.160. The number of halogens is 1. The molecule has 1 atom stereocenters. The highest BCUT2D eigenvalue weighted by molar-refractivity contribution is 9.10. The summed E-state index contributed by atoms with van der Waals surface area (Å²) in [6.45, 7) is 4.96. The van der Waals surface area contributed by atoms with Crippen LogP contribution in [0.25, 0.3) is 0 Å². The van der Waals surface area contributed by atoms with Gasteiger partial charge >= 0.3 is 11.8 Å². The van der Waals surface area contributed by atoms with E-state index in [2.05, 4.69) is 26.3 Å². The zero-order valence-electron chi connectivity index (χ0n) is 12.1. The fraction of sp³-hybridized carbons (Fsp3) is 0.615. The van der Waals surface area contributed by atoms with Crippen LogP contribution in [0.15, 0.2) is 4.47 Å². The Morgan fingerprint density at radius 2 is 2.14 bits per heavy atom. The van der Waals surface area contributed by atoms with Gasteiger partial charge in [-0.05, 0) is 22.9 Å². The zero-order valence-corrected chi connectivity index (χ0v) is 13.7. The molecule has 2 fully saturated rings. The molecule has 0 spiro atoms. The van der Waals surface area contributed by atoms with Crippen molar-refractivity contribution in [1.29, 1.82) is 0 Å². The van der Waals surface area contributed by atoms with Crippen LogP contribution < -0.4 is 5.32 Å². The van der Waals surface area contributed by atoms with Gasteiger partial charge in [0.15, 0.2) is 0 Å². The van der Waals surface area contributed by atoms with Gasteiger partial charge in [-0.2, -0.15) is 5.10 Å².